The molecule has 0 saturated heterocycles. The molecule has 1 atom stereocenters. The maximum atomic E-state index is 9.58. The van der Waals surface area contributed by atoms with Crippen LogP contribution in [0.2, 0.25) is 0 Å². The van der Waals surface area contributed by atoms with Crippen LogP contribution in [0.15, 0.2) is 12.7 Å². The van der Waals surface area contributed by atoms with Gasteiger partial charge in [-0.3, -0.25) is 0 Å². The summed E-state index contributed by atoms with van der Waals surface area (Å²) in [5.41, 5.74) is 0. The van der Waals surface area contributed by atoms with E-state index >= 15 is 0 Å². The van der Waals surface area contributed by atoms with Crippen molar-refractivity contribution in [1.29, 1.82) is 0 Å². The number of aliphatic hydroxyl groups is 7. The molecule has 0 heterocycles. The van der Waals surface area contributed by atoms with E-state index in [2.05, 4.69) is 6.58 Å². The van der Waals surface area contributed by atoms with Gasteiger partial charge in [0.2, 0.25) is 0 Å². The zero-order valence-corrected chi connectivity index (χ0v) is 17.3. The van der Waals surface area contributed by atoms with Crippen molar-refractivity contribution in [1.82, 2.24) is 0 Å². The van der Waals surface area contributed by atoms with Gasteiger partial charge in [-0.1, -0.05) is 19.9 Å². The average molecular weight is 416 g/mol. The van der Waals surface area contributed by atoms with E-state index in [1.807, 2.05) is 0 Å². The van der Waals surface area contributed by atoms with E-state index < -0.39 is 0 Å². The average Bonchev–Trinajstić information content (AvgIpc) is 2.76. The van der Waals surface area contributed by atoms with Crippen LogP contribution in [0, 0.1) is 11.8 Å². The Balaban J connectivity index is -0.0000000569. The number of unbranched alkanes of at least 4 members (excludes halogenated alkanes) is 2. The Bertz CT molecular complexity index is 262. The van der Waals surface area contributed by atoms with Gasteiger partial charge in [-0.25, -0.2) is 0 Å². The summed E-state index contributed by atoms with van der Waals surface area (Å²) in [6, 6.07) is 0. The molecule has 7 N–H and O–H groups in total. The molecule has 172 valence electrons. The number of aliphatic hydroxyl groups excluding tert-OH is 7. The van der Waals surface area contributed by atoms with Crippen molar-refractivity contribution in [2.24, 2.45) is 11.8 Å². The first kappa shape index (κ1) is 37.5. The van der Waals surface area contributed by atoms with Gasteiger partial charge in [0.05, 0.1) is 13.2 Å². The van der Waals surface area contributed by atoms with Crippen molar-refractivity contribution in [2.75, 3.05) is 46.2 Å². The molecule has 28 heavy (non-hydrogen) atoms. The summed E-state index contributed by atoms with van der Waals surface area (Å²) in [7, 11) is 0. The second-order valence-corrected chi connectivity index (χ2v) is 5.42. The molecule has 0 radical (unpaired) electrons. The Kier molecular flexibility index (Phi) is 60.2. The number of rotatable bonds is 11. The van der Waals surface area contributed by atoms with Crippen LogP contribution in [0.5, 0.6) is 0 Å². The van der Waals surface area contributed by atoms with Crippen LogP contribution in [0.4, 0.5) is 0 Å². The lowest BCUT2D eigenvalue weighted by atomic mass is 10.2. The predicted molar refractivity (Wildman–Crippen MR) is 110 cm³/mol. The zero-order chi connectivity index (χ0) is 23.1. The fraction of sp³-hybridized carbons (Fsp3) is 0.789. The SMILES string of the molecule is C=CCO.CC(C=O)CO.CC(CO)CO.O=CCCCO.OCCCCO.[H+]. The standard InChI is InChI=1S/C4H10O2.C4H8O2.C4H10O2.C4H8O2.C3H6O/c2*1-4(2-5)3-6;2*5-3-1-2-4-6;1-2-3-4/h4-6H,2-3H2,1H3;2,4,6H,3H2,1H3;5-6H,1-4H2;3,6H,1-2,4H2;2,4H,1,3H2/p+1. The van der Waals surface area contributed by atoms with Crippen LogP contribution >= 0.6 is 0 Å². The Morgan fingerprint density at radius 1 is 0.786 bits per heavy atom. The molecular weight excluding hydrogens is 372 g/mol. The maximum absolute atomic E-state index is 9.58. The molecule has 0 spiro atoms. The van der Waals surface area contributed by atoms with E-state index in [0.29, 0.717) is 12.8 Å². The Hall–Kier alpha value is -1.20. The van der Waals surface area contributed by atoms with Crippen LogP contribution in [0.25, 0.3) is 0 Å². The van der Waals surface area contributed by atoms with Crippen LogP contribution in [-0.4, -0.2) is 94.6 Å². The number of hydrogen-bond donors (Lipinski definition) is 7. The summed E-state index contributed by atoms with van der Waals surface area (Å²) < 4.78 is 0. The predicted octanol–water partition coefficient (Wildman–Crippen LogP) is -0.593. The van der Waals surface area contributed by atoms with Gasteiger partial charge in [-0.05, 0) is 19.3 Å². The van der Waals surface area contributed by atoms with Crippen LogP contribution in [0.1, 0.15) is 41.0 Å². The lowest BCUT2D eigenvalue weighted by molar-refractivity contribution is -0.111. The molecule has 0 aromatic carbocycles. The van der Waals surface area contributed by atoms with Gasteiger partial charge >= 0.3 is 1.43 Å². The first-order valence-electron chi connectivity index (χ1n) is 9.12. The largest absolute Gasteiger partial charge is 1.00 e. The quantitative estimate of drug-likeness (QED) is 0.132. The molecule has 0 aliphatic rings. The number of aldehydes is 2. The molecule has 1 unspecified atom stereocenters. The first-order chi connectivity index (χ1) is 13.4. The number of carbonyl (C=O) groups is 2. The fourth-order valence-corrected chi connectivity index (χ4v) is 0.499. The molecule has 0 bridgehead atoms. The Morgan fingerprint density at radius 2 is 1.18 bits per heavy atom. The van der Waals surface area contributed by atoms with E-state index in [9.17, 15) is 9.59 Å². The highest BCUT2D eigenvalue weighted by Crippen LogP contribution is 1.85. The van der Waals surface area contributed by atoms with E-state index in [1.165, 1.54) is 6.08 Å². The summed E-state index contributed by atoms with van der Waals surface area (Å²) in [6.45, 7) is 7.39. The Morgan fingerprint density at radius 3 is 1.25 bits per heavy atom. The molecule has 0 fully saturated rings. The Labute approximate surface area is 170 Å². The van der Waals surface area contributed by atoms with Gasteiger partial charge in [-0.2, -0.15) is 0 Å². The van der Waals surface area contributed by atoms with E-state index in [1.54, 1.807) is 13.8 Å². The van der Waals surface area contributed by atoms with Crippen molar-refractivity contribution < 1.29 is 46.8 Å². The third kappa shape index (κ3) is 73.8. The first-order valence-corrected chi connectivity index (χ1v) is 9.12. The zero-order valence-electron chi connectivity index (χ0n) is 18.3. The molecule has 0 aliphatic carbocycles. The van der Waals surface area contributed by atoms with Gasteiger partial charge in [0, 0.05) is 51.3 Å². The molecule has 9 heteroatoms. The minimum absolute atomic E-state index is 0. The summed E-state index contributed by atoms with van der Waals surface area (Å²) in [4.78, 5) is 19.0. The summed E-state index contributed by atoms with van der Waals surface area (Å²) in [5.74, 6) is -0.144. The van der Waals surface area contributed by atoms with Crippen molar-refractivity contribution >= 4 is 12.6 Å². The van der Waals surface area contributed by atoms with Gasteiger partial charge in [0.25, 0.3) is 0 Å². The van der Waals surface area contributed by atoms with E-state index in [4.69, 9.17) is 35.7 Å². The fourth-order valence-electron chi connectivity index (χ4n) is 0.499. The molecule has 0 amide bonds. The monoisotopic (exact) mass is 415 g/mol. The molecule has 9 nitrogen and oxygen atoms in total. The molecule has 0 aromatic rings. The molecule has 0 saturated carbocycles. The number of carbonyl (C=O) groups excluding carboxylic acids is 2. The van der Waals surface area contributed by atoms with Crippen LogP contribution in [-0.2, 0) is 9.59 Å². The van der Waals surface area contributed by atoms with Gasteiger partial charge in [0.15, 0.2) is 0 Å². The summed E-state index contributed by atoms with van der Waals surface area (Å²) in [6.07, 6.45) is 5.48. The van der Waals surface area contributed by atoms with Crippen molar-refractivity contribution in [3.05, 3.63) is 12.7 Å². The minimum atomic E-state index is -0.190. The third-order valence-corrected chi connectivity index (χ3v) is 2.32. The van der Waals surface area contributed by atoms with Crippen LogP contribution in [0.3, 0.4) is 0 Å². The maximum Gasteiger partial charge on any atom is 1.00 e. The normalized spacial score (nSPS) is 9.64. The van der Waals surface area contributed by atoms with Gasteiger partial charge < -0.3 is 45.3 Å². The smallest absolute Gasteiger partial charge is 0.396 e. The van der Waals surface area contributed by atoms with E-state index in [0.717, 1.165) is 25.4 Å². The number of hydrogen-bond acceptors (Lipinski definition) is 9. The van der Waals surface area contributed by atoms with Crippen molar-refractivity contribution in [3.63, 3.8) is 0 Å². The lowest BCUT2D eigenvalue weighted by Crippen LogP contribution is -2.04. The molecular formula is C19H43O9+. The third-order valence-electron chi connectivity index (χ3n) is 2.32. The summed E-state index contributed by atoms with van der Waals surface area (Å²) >= 11 is 0. The summed E-state index contributed by atoms with van der Waals surface area (Å²) in [5, 5.41) is 56.4. The lowest BCUT2D eigenvalue weighted by Gasteiger charge is -1.97. The topological polar surface area (TPSA) is 176 Å². The molecule has 0 aromatic heterocycles. The van der Waals surface area contributed by atoms with E-state index in [-0.39, 0.29) is 59.5 Å². The minimum Gasteiger partial charge on any atom is -0.396 e. The van der Waals surface area contributed by atoms with Gasteiger partial charge in [-0.15, -0.1) is 6.58 Å². The highest BCUT2D eigenvalue weighted by atomic mass is 16.3. The second kappa shape index (κ2) is 44.9. The highest BCUT2D eigenvalue weighted by Gasteiger charge is 1.92. The van der Waals surface area contributed by atoms with Crippen LogP contribution < -0.4 is 0 Å². The molecule has 0 rings (SSSR count). The second-order valence-electron chi connectivity index (χ2n) is 5.42. The van der Waals surface area contributed by atoms with Crippen molar-refractivity contribution in [3.8, 4) is 0 Å². The molecule has 0 aliphatic heterocycles. The van der Waals surface area contributed by atoms with Gasteiger partial charge in [0.1, 0.15) is 12.6 Å². The van der Waals surface area contributed by atoms with Crippen molar-refractivity contribution in [2.45, 2.75) is 39.5 Å². The highest BCUT2D eigenvalue weighted by molar-refractivity contribution is 5.52.